The molecule has 1 aromatic heterocycles. The second-order valence-corrected chi connectivity index (χ2v) is 3.17. The summed E-state index contributed by atoms with van der Waals surface area (Å²) in [7, 11) is 1.81. The van der Waals surface area contributed by atoms with Crippen LogP contribution in [0.2, 0.25) is 0 Å². The summed E-state index contributed by atoms with van der Waals surface area (Å²) in [6.45, 7) is 1.53. The largest absolute Gasteiger partial charge is 0.386 e. The van der Waals surface area contributed by atoms with Gasteiger partial charge in [0.05, 0.1) is 7.05 Å². The Bertz CT molecular complexity index is 272. The summed E-state index contributed by atoms with van der Waals surface area (Å²) >= 11 is 4.15. The SMILES string of the molecule is CC(O)C(O)n1cc[n+](C)c1S. The molecule has 4 nitrogen and oxygen atoms in total. The van der Waals surface area contributed by atoms with Crippen molar-refractivity contribution in [2.45, 2.75) is 24.4 Å². The Hall–Kier alpha value is -0.520. The number of imidazole rings is 1. The van der Waals surface area contributed by atoms with Crippen LogP contribution in [0, 0.1) is 0 Å². The van der Waals surface area contributed by atoms with Crippen LogP contribution in [-0.4, -0.2) is 20.9 Å². The second kappa shape index (κ2) is 3.47. The zero-order valence-electron chi connectivity index (χ0n) is 7.05. The average molecular weight is 189 g/mol. The molecule has 2 N–H and O–H groups in total. The van der Waals surface area contributed by atoms with Gasteiger partial charge in [-0.1, -0.05) is 12.6 Å². The lowest BCUT2D eigenvalue weighted by Crippen LogP contribution is -2.30. The second-order valence-electron chi connectivity index (χ2n) is 2.77. The predicted octanol–water partition coefficient (Wildman–Crippen LogP) is -0.527. The minimum atomic E-state index is -0.932. The summed E-state index contributed by atoms with van der Waals surface area (Å²) in [4.78, 5) is 0. The maximum Gasteiger partial charge on any atom is 0.316 e. The van der Waals surface area contributed by atoms with Crippen molar-refractivity contribution in [2.24, 2.45) is 7.05 Å². The minimum absolute atomic E-state index is 0.600. The van der Waals surface area contributed by atoms with Crippen molar-refractivity contribution in [1.82, 2.24) is 4.57 Å². The van der Waals surface area contributed by atoms with Gasteiger partial charge >= 0.3 is 5.16 Å². The van der Waals surface area contributed by atoms with Gasteiger partial charge in [-0.05, 0) is 6.92 Å². The average Bonchev–Trinajstić information content (AvgIpc) is 2.32. The van der Waals surface area contributed by atoms with Crippen LogP contribution in [0.15, 0.2) is 17.6 Å². The Morgan fingerprint density at radius 2 is 2.17 bits per heavy atom. The van der Waals surface area contributed by atoms with Crippen LogP contribution in [-0.2, 0) is 7.05 Å². The van der Waals surface area contributed by atoms with Crippen LogP contribution < -0.4 is 4.57 Å². The number of aliphatic hydroxyl groups is 2. The molecule has 0 amide bonds. The molecule has 12 heavy (non-hydrogen) atoms. The fraction of sp³-hybridized carbons (Fsp3) is 0.571. The molecule has 2 atom stereocenters. The summed E-state index contributed by atoms with van der Waals surface area (Å²) in [5.41, 5.74) is 0. The van der Waals surface area contributed by atoms with Crippen molar-refractivity contribution in [2.75, 3.05) is 0 Å². The Balaban J connectivity index is 2.95. The van der Waals surface area contributed by atoms with Crippen LogP contribution in [0.3, 0.4) is 0 Å². The summed E-state index contributed by atoms with van der Waals surface area (Å²) in [5.74, 6) is 0. The third-order valence-electron chi connectivity index (χ3n) is 1.71. The van der Waals surface area contributed by atoms with Crippen molar-refractivity contribution < 1.29 is 14.8 Å². The Labute approximate surface area is 76.5 Å². The molecule has 0 aromatic carbocycles. The molecule has 1 rings (SSSR count). The number of hydrogen-bond donors (Lipinski definition) is 3. The maximum atomic E-state index is 9.44. The first-order valence-corrected chi connectivity index (χ1v) is 4.10. The van der Waals surface area contributed by atoms with Crippen LogP contribution in [0.5, 0.6) is 0 Å². The van der Waals surface area contributed by atoms with E-state index >= 15 is 0 Å². The molecule has 0 saturated heterocycles. The van der Waals surface area contributed by atoms with Gasteiger partial charge < -0.3 is 10.2 Å². The van der Waals surface area contributed by atoms with Crippen LogP contribution >= 0.6 is 12.6 Å². The molecular formula is C7H13N2O2S+. The molecule has 2 unspecified atom stereocenters. The fourth-order valence-corrected chi connectivity index (χ4v) is 1.18. The van der Waals surface area contributed by atoms with Crippen molar-refractivity contribution in [3.8, 4) is 0 Å². The third-order valence-corrected chi connectivity index (χ3v) is 2.26. The zero-order valence-corrected chi connectivity index (χ0v) is 7.94. The molecule has 0 aliphatic heterocycles. The quantitative estimate of drug-likeness (QED) is 0.433. The van der Waals surface area contributed by atoms with Crippen molar-refractivity contribution in [3.05, 3.63) is 12.4 Å². The van der Waals surface area contributed by atoms with E-state index in [1.165, 1.54) is 11.5 Å². The van der Waals surface area contributed by atoms with Gasteiger partial charge in [0.25, 0.3) is 0 Å². The third kappa shape index (κ3) is 1.63. The van der Waals surface area contributed by atoms with Gasteiger partial charge in [-0.25, -0.2) is 4.57 Å². The molecule has 0 aliphatic rings. The predicted molar refractivity (Wildman–Crippen MR) is 45.8 cm³/mol. The maximum absolute atomic E-state index is 9.44. The highest BCUT2D eigenvalue weighted by Gasteiger charge is 2.22. The number of nitrogens with zero attached hydrogens (tertiary/aromatic N) is 2. The molecule has 0 saturated carbocycles. The van der Waals surface area contributed by atoms with E-state index in [2.05, 4.69) is 12.6 Å². The summed E-state index contributed by atoms with van der Waals surface area (Å²) in [6, 6.07) is 0. The van der Waals surface area contributed by atoms with E-state index in [4.69, 9.17) is 5.11 Å². The van der Waals surface area contributed by atoms with Gasteiger partial charge in [0, 0.05) is 0 Å². The van der Waals surface area contributed by atoms with Gasteiger partial charge in [-0.15, -0.1) is 0 Å². The number of hydrogen-bond acceptors (Lipinski definition) is 3. The molecule has 68 valence electrons. The molecular weight excluding hydrogens is 176 g/mol. The monoisotopic (exact) mass is 189 g/mol. The van der Waals surface area contributed by atoms with E-state index in [0.717, 1.165) is 0 Å². The van der Waals surface area contributed by atoms with Crippen LogP contribution in [0.25, 0.3) is 0 Å². The Kier molecular flexibility index (Phi) is 2.76. The van der Waals surface area contributed by atoms with Gasteiger partial charge in [0.1, 0.15) is 18.5 Å². The minimum Gasteiger partial charge on any atom is -0.386 e. The lowest BCUT2D eigenvalue weighted by molar-refractivity contribution is -0.709. The topological polar surface area (TPSA) is 49.3 Å². The molecule has 5 heteroatoms. The molecule has 1 aromatic rings. The van der Waals surface area contributed by atoms with Crippen LogP contribution in [0.1, 0.15) is 13.2 Å². The summed E-state index contributed by atoms with van der Waals surface area (Å²) < 4.78 is 3.24. The molecule has 0 aliphatic carbocycles. The van der Waals surface area contributed by atoms with Gasteiger partial charge in [-0.3, -0.25) is 0 Å². The first kappa shape index (κ1) is 9.57. The molecule has 1 heterocycles. The molecule has 0 bridgehead atoms. The molecule has 0 spiro atoms. The van der Waals surface area contributed by atoms with E-state index in [9.17, 15) is 5.11 Å². The van der Waals surface area contributed by atoms with Gasteiger partial charge in [0.15, 0.2) is 0 Å². The number of aliphatic hydroxyl groups excluding tert-OH is 2. The van der Waals surface area contributed by atoms with Crippen LogP contribution in [0.4, 0.5) is 0 Å². The van der Waals surface area contributed by atoms with Crippen molar-refractivity contribution in [1.29, 1.82) is 0 Å². The van der Waals surface area contributed by atoms with E-state index in [0.29, 0.717) is 5.16 Å². The van der Waals surface area contributed by atoms with Crippen molar-refractivity contribution >= 4 is 12.6 Å². The van der Waals surface area contributed by atoms with Gasteiger partial charge in [0.2, 0.25) is 6.23 Å². The molecule has 0 radical (unpaired) electrons. The standard InChI is InChI=1S/C7H12N2O2S/c1-5(10)6(11)9-4-3-8(2)7(9)12/h3-6,10-11H,1-2H3/p+1. The number of thiol groups is 1. The smallest absolute Gasteiger partial charge is 0.316 e. The summed E-state index contributed by atoms with van der Waals surface area (Å²) in [6.07, 6.45) is 1.69. The summed E-state index contributed by atoms with van der Waals surface area (Å²) in [5, 5.41) is 19.1. The highest BCUT2D eigenvalue weighted by atomic mass is 32.1. The highest BCUT2D eigenvalue weighted by Crippen LogP contribution is 2.11. The lowest BCUT2D eigenvalue weighted by atomic mass is 10.3. The normalized spacial score (nSPS) is 16.1. The van der Waals surface area contributed by atoms with Gasteiger partial charge in [-0.2, -0.15) is 4.57 Å². The van der Waals surface area contributed by atoms with E-state index in [-0.39, 0.29) is 0 Å². The van der Waals surface area contributed by atoms with E-state index in [1.54, 1.807) is 17.0 Å². The number of aryl methyl sites for hydroxylation is 1. The first-order valence-electron chi connectivity index (χ1n) is 3.65. The number of aromatic nitrogens is 2. The van der Waals surface area contributed by atoms with E-state index in [1.807, 2.05) is 7.05 Å². The van der Waals surface area contributed by atoms with E-state index < -0.39 is 12.3 Å². The fourth-order valence-electron chi connectivity index (χ4n) is 0.926. The molecule has 0 fully saturated rings. The zero-order chi connectivity index (χ0) is 9.30. The Morgan fingerprint density at radius 1 is 1.58 bits per heavy atom. The first-order chi connectivity index (χ1) is 5.54. The number of rotatable bonds is 2. The lowest BCUT2D eigenvalue weighted by Gasteiger charge is -2.10. The van der Waals surface area contributed by atoms with Crippen molar-refractivity contribution in [3.63, 3.8) is 0 Å². The Morgan fingerprint density at radius 3 is 2.50 bits per heavy atom. The highest BCUT2D eigenvalue weighted by molar-refractivity contribution is 7.80.